The van der Waals surface area contributed by atoms with E-state index in [1.54, 1.807) is 24.3 Å². The highest BCUT2D eigenvalue weighted by molar-refractivity contribution is 5.87. The van der Waals surface area contributed by atoms with Crippen LogP contribution in [0.5, 0.6) is 5.75 Å². The molecule has 20 heavy (non-hydrogen) atoms. The second-order valence-electron chi connectivity index (χ2n) is 5.11. The van der Waals surface area contributed by atoms with E-state index in [0.717, 1.165) is 0 Å². The Bertz CT molecular complexity index is 444. The van der Waals surface area contributed by atoms with Gasteiger partial charge in [0.05, 0.1) is 0 Å². The van der Waals surface area contributed by atoms with Crippen LogP contribution in [0.15, 0.2) is 30.3 Å². The van der Waals surface area contributed by atoms with Crippen LogP contribution in [0.25, 0.3) is 0 Å². The van der Waals surface area contributed by atoms with Gasteiger partial charge in [0.1, 0.15) is 17.9 Å². The van der Waals surface area contributed by atoms with Crippen molar-refractivity contribution in [2.24, 2.45) is 5.92 Å². The summed E-state index contributed by atoms with van der Waals surface area (Å²) in [5.74, 6) is -0.513. The average molecular weight is 279 g/mol. The number of nitrogens with one attached hydrogen (secondary N) is 1. The molecule has 0 heterocycles. The molecule has 0 saturated carbocycles. The lowest BCUT2D eigenvalue weighted by Gasteiger charge is -2.17. The van der Waals surface area contributed by atoms with Gasteiger partial charge in [0.25, 0.3) is 0 Å². The third kappa shape index (κ3) is 5.40. The van der Waals surface area contributed by atoms with Gasteiger partial charge >= 0.3 is 5.97 Å². The summed E-state index contributed by atoms with van der Waals surface area (Å²) >= 11 is 0. The van der Waals surface area contributed by atoms with Gasteiger partial charge in [0.15, 0.2) is 0 Å². The van der Waals surface area contributed by atoms with Crippen molar-refractivity contribution in [3.8, 4) is 5.75 Å². The zero-order chi connectivity index (χ0) is 15.1. The minimum atomic E-state index is -1.11. The highest BCUT2D eigenvalue weighted by Crippen LogP contribution is 2.09. The summed E-state index contributed by atoms with van der Waals surface area (Å²) in [6.45, 7) is 5.33. The van der Waals surface area contributed by atoms with E-state index in [1.165, 1.54) is 6.92 Å². The topological polar surface area (TPSA) is 75.6 Å². The number of aliphatic hydroxyl groups is 1. The van der Waals surface area contributed by atoms with Crippen LogP contribution >= 0.6 is 0 Å². The molecule has 0 spiro atoms. The van der Waals surface area contributed by atoms with Crippen molar-refractivity contribution in [2.45, 2.75) is 39.3 Å². The highest BCUT2D eigenvalue weighted by Gasteiger charge is 2.22. The second-order valence-corrected chi connectivity index (χ2v) is 5.11. The monoisotopic (exact) mass is 279 g/mol. The summed E-state index contributed by atoms with van der Waals surface area (Å²) in [5.41, 5.74) is 0. The smallest absolute Gasteiger partial charge is 0.333 e. The largest absolute Gasteiger partial charge is 0.425 e. The number of amides is 1. The van der Waals surface area contributed by atoms with Gasteiger partial charge in [0.2, 0.25) is 5.91 Å². The third-order valence-electron chi connectivity index (χ3n) is 2.67. The summed E-state index contributed by atoms with van der Waals surface area (Å²) in [6.07, 6.45) is -0.756. The first-order valence-electron chi connectivity index (χ1n) is 6.65. The summed E-state index contributed by atoms with van der Waals surface area (Å²) < 4.78 is 5.10. The molecule has 2 N–H and O–H groups in total. The van der Waals surface area contributed by atoms with Crippen LogP contribution < -0.4 is 10.1 Å². The van der Waals surface area contributed by atoms with Crippen molar-refractivity contribution in [3.05, 3.63) is 30.3 Å². The van der Waals surface area contributed by atoms with Gasteiger partial charge < -0.3 is 15.2 Å². The number of esters is 1. The molecule has 0 bridgehead atoms. The van der Waals surface area contributed by atoms with Crippen LogP contribution in [0.3, 0.4) is 0 Å². The van der Waals surface area contributed by atoms with E-state index < -0.39 is 24.0 Å². The van der Waals surface area contributed by atoms with Crippen molar-refractivity contribution < 1.29 is 19.4 Å². The first-order valence-corrected chi connectivity index (χ1v) is 6.65. The Morgan fingerprint density at radius 1 is 1.20 bits per heavy atom. The molecule has 1 aromatic rings. The molecule has 0 fully saturated rings. The van der Waals surface area contributed by atoms with Gasteiger partial charge in [-0.2, -0.15) is 0 Å². The van der Waals surface area contributed by atoms with Crippen molar-refractivity contribution in [3.63, 3.8) is 0 Å². The van der Waals surface area contributed by atoms with E-state index in [2.05, 4.69) is 5.32 Å². The number of carbonyl (C=O) groups is 2. The Morgan fingerprint density at radius 3 is 2.35 bits per heavy atom. The molecule has 0 aliphatic rings. The number of carbonyl (C=O) groups excluding carboxylic acids is 2. The van der Waals surface area contributed by atoms with Crippen molar-refractivity contribution in [1.82, 2.24) is 5.32 Å². The Kier molecular flexibility index (Phi) is 6.18. The number of benzene rings is 1. The molecule has 0 aromatic heterocycles. The highest BCUT2D eigenvalue weighted by atomic mass is 16.5. The molecule has 2 atom stereocenters. The lowest BCUT2D eigenvalue weighted by atomic mass is 10.1. The quantitative estimate of drug-likeness (QED) is 0.611. The number of aliphatic hydroxyl groups excluding tert-OH is 1. The van der Waals surface area contributed by atoms with Crippen molar-refractivity contribution >= 4 is 11.9 Å². The van der Waals surface area contributed by atoms with Gasteiger partial charge in [-0.1, -0.05) is 32.0 Å². The maximum absolute atomic E-state index is 11.8. The van der Waals surface area contributed by atoms with E-state index in [-0.39, 0.29) is 5.92 Å². The van der Waals surface area contributed by atoms with E-state index in [0.29, 0.717) is 12.2 Å². The van der Waals surface area contributed by atoms with Gasteiger partial charge in [0, 0.05) is 0 Å². The number of para-hydroxylation sites is 1. The van der Waals surface area contributed by atoms with Crippen LogP contribution in [-0.4, -0.2) is 29.1 Å². The number of rotatable bonds is 6. The van der Waals surface area contributed by atoms with Crippen LogP contribution in [-0.2, 0) is 9.59 Å². The maximum Gasteiger partial charge on any atom is 0.333 e. The molecule has 1 amide bonds. The van der Waals surface area contributed by atoms with Gasteiger partial charge in [-0.15, -0.1) is 0 Å². The SMILES string of the molecule is CC(C)C[C@H](O)C(=O)N[C@@H](C)C(=O)Oc1ccccc1. The maximum atomic E-state index is 11.8. The van der Waals surface area contributed by atoms with Crippen LogP contribution in [0.2, 0.25) is 0 Å². The van der Waals surface area contributed by atoms with Gasteiger partial charge in [-0.3, -0.25) is 4.79 Å². The molecule has 1 aromatic carbocycles. The lowest BCUT2D eigenvalue weighted by molar-refractivity contribution is -0.141. The first kappa shape index (κ1) is 16.2. The fraction of sp³-hybridized carbons (Fsp3) is 0.467. The Labute approximate surface area is 118 Å². The molecular weight excluding hydrogens is 258 g/mol. The van der Waals surface area contributed by atoms with Crippen LogP contribution in [0.4, 0.5) is 0 Å². The van der Waals surface area contributed by atoms with Crippen LogP contribution in [0.1, 0.15) is 27.2 Å². The zero-order valence-electron chi connectivity index (χ0n) is 12.0. The Morgan fingerprint density at radius 2 is 1.80 bits per heavy atom. The third-order valence-corrected chi connectivity index (χ3v) is 2.67. The fourth-order valence-corrected chi connectivity index (χ4v) is 1.62. The zero-order valence-corrected chi connectivity index (χ0v) is 12.0. The molecule has 0 radical (unpaired) electrons. The second kappa shape index (κ2) is 7.65. The summed E-state index contributed by atoms with van der Waals surface area (Å²) in [5, 5.41) is 12.1. The molecule has 110 valence electrons. The standard InChI is InChI=1S/C15H21NO4/c1-10(2)9-13(17)14(18)16-11(3)15(19)20-12-7-5-4-6-8-12/h4-8,10-11,13,17H,9H2,1-3H3,(H,16,18)/t11-,13-/m0/s1. The predicted octanol–water partition coefficient (Wildman–Crippen LogP) is 1.50. The number of hydrogen-bond acceptors (Lipinski definition) is 4. The molecule has 0 saturated heterocycles. The summed E-state index contributed by atoms with van der Waals surface area (Å²) in [7, 11) is 0. The van der Waals surface area contributed by atoms with E-state index in [4.69, 9.17) is 4.74 Å². The Balaban J connectivity index is 2.47. The molecule has 5 heteroatoms. The van der Waals surface area contributed by atoms with E-state index in [9.17, 15) is 14.7 Å². The molecule has 5 nitrogen and oxygen atoms in total. The lowest BCUT2D eigenvalue weighted by Crippen LogP contribution is -2.45. The molecule has 0 aliphatic heterocycles. The van der Waals surface area contributed by atoms with Crippen molar-refractivity contribution in [2.75, 3.05) is 0 Å². The average Bonchev–Trinajstić information content (AvgIpc) is 2.38. The first-order chi connectivity index (χ1) is 9.40. The van der Waals surface area contributed by atoms with Crippen molar-refractivity contribution in [1.29, 1.82) is 0 Å². The fourth-order valence-electron chi connectivity index (χ4n) is 1.62. The minimum Gasteiger partial charge on any atom is -0.425 e. The number of hydrogen-bond donors (Lipinski definition) is 2. The Hall–Kier alpha value is -1.88. The van der Waals surface area contributed by atoms with Gasteiger partial charge in [-0.25, -0.2) is 4.79 Å². The van der Waals surface area contributed by atoms with E-state index >= 15 is 0 Å². The molecule has 0 unspecified atom stereocenters. The number of ether oxygens (including phenoxy) is 1. The normalized spacial score (nSPS) is 13.7. The summed E-state index contributed by atoms with van der Waals surface area (Å²) in [4.78, 5) is 23.5. The molecular formula is C15H21NO4. The van der Waals surface area contributed by atoms with Crippen LogP contribution in [0, 0.1) is 5.92 Å². The molecule has 0 aliphatic carbocycles. The van der Waals surface area contributed by atoms with E-state index in [1.807, 2.05) is 19.9 Å². The summed E-state index contributed by atoms with van der Waals surface area (Å²) in [6, 6.07) is 7.80. The molecule has 1 rings (SSSR count). The minimum absolute atomic E-state index is 0.197. The predicted molar refractivity (Wildman–Crippen MR) is 75.1 cm³/mol. The van der Waals surface area contributed by atoms with Gasteiger partial charge in [-0.05, 0) is 31.4 Å².